The van der Waals surface area contributed by atoms with Crippen LogP contribution in [0.5, 0.6) is 11.5 Å². The van der Waals surface area contributed by atoms with E-state index in [1.165, 1.54) is 12.1 Å². The molecule has 0 fully saturated rings. The molecule has 4 aromatic rings. The minimum absolute atomic E-state index is 0.282. The number of hydrogen-bond donors (Lipinski definition) is 2. The normalized spacial score (nSPS) is 15.7. The van der Waals surface area contributed by atoms with Gasteiger partial charge in [-0.1, -0.05) is 36.4 Å². The van der Waals surface area contributed by atoms with Crippen LogP contribution in [0.25, 0.3) is 11.0 Å². The van der Waals surface area contributed by atoms with Crippen molar-refractivity contribution in [2.24, 2.45) is 0 Å². The van der Waals surface area contributed by atoms with E-state index in [-0.39, 0.29) is 24.5 Å². The van der Waals surface area contributed by atoms with E-state index in [4.69, 9.17) is 9.47 Å². The summed E-state index contributed by atoms with van der Waals surface area (Å²) in [7, 11) is 0. The third kappa shape index (κ3) is 4.74. The molecule has 0 bridgehead atoms. The first-order chi connectivity index (χ1) is 16.2. The third-order valence-electron chi connectivity index (χ3n) is 5.54. The highest BCUT2D eigenvalue weighted by atomic mass is 19.1. The molecule has 0 aliphatic carbocycles. The number of carbonyl (C=O) groups is 1. The standard InChI is InChI=1S/C25H23FN4O3/c26-18-11-9-17(10-12-18)21(14-30-16-28-20-5-1-2-6-22(20)30)29-25(31)27-13-19-15-32-23-7-3-4-8-24(23)33-19/h1-12,16,19,21H,13-15H2,(H2,27,29,31)/t19-,21+/m1/s1. The number of imidazole rings is 1. The van der Waals surface area contributed by atoms with E-state index in [1.807, 2.05) is 53.1 Å². The molecule has 0 spiro atoms. The van der Waals surface area contributed by atoms with Gasteiger partial charge in [0.1, 0.15) is 12.4 Å². The van der Waals surface area contributed by atoms with Gasteiger partial charge in [-0.15, -0.1) is 0 Å². The number of para-hydroxylation sites is 4. The van der Waals surface area contributed by atoms with Gasteiger partial charge in [0.15, 0.2) is 17.6 Å². The fraction of sp³-hybridized carbons (Fsp3) is 0.200. The van der Waals surface area contributed by atoms with E-state index in [2.05, 4.69) is 15.6 Å². The third-order valence-corrected chi connectivity index (χ3v) is 5.54. The zero-order chi connectivity index (χ0) is 22.6. The smallest absolute Gasteiger partial charge is 0.315 e. The molecule has 0 saturated carbocycles. The molecule has 1 aliphatic heterocycles. The van der Waals surface area contributed by atoms with E-state index in [9.17, 15) is 9.18 Å². The average molecular weight is 446 g/mol. The van der Waals surface area contributed by atoms with E-state index >= 15 is 0 Å². The van der Waals surface area contributed by atoms with Crippen molar-refractivity contribution < 1.29 is 18.7 Å². The molecule has 2 N–H and O–H groups in total. The van der Waals surface area contributed by atoms with Gasteiger partial charge in [0.25, 0.3) is 0 Å². The van der Waals surface area contributed by atoms with Gasteiger partial charge in [-0.25, -0.2) is 14.2 Å². The minimum atomic E-state index is -0.396. The molecule has 8 heteroatoms. The molecule has 5 rings (SSSR count). The van der Waals surface area contributed by atoms with Gasteiger partial charge in [-0.2, -0.15) is 0 Å². The summed E-state index contributed by atoms with van der Waals surface area (Å²) in [4.78, 5) is 17.2. The molecule has 2 amide bonds. The Labute approximate surface area is 190 Å². The largest absolute Gasteiger partial charge is 0.486 e. The lowest BCUT2D eigenvalue weighted by Crippen LogP contribution is -2.45. The van der Waals surface area contributed by atoms with Crippen LogP contribution in [-0.4, -0.2) is 34.8 Å². The Bertz CT molecular complexity index is 1260. The highest BCUT2D eigenvalue weighted by Gasteiger charge is 2.22. The van der Waals surface area contributed by atoms with Gasteiger partial charge < -0.3 is 24.7 Å². The van der Waals surface area contributed by atoms with Crippen molar-refractivity contribution >= 4 is 17.1 Å². The topological polar surface area (TPSA) is 77.4 Å². The quantitative estimate of drug-likeness (QED) is 0.468. The van der Waals surface area contributed by atoms with Crippen LogP contribution in [0.15, 0.2) is 79.1 Å². The van der Waals surface area contributed by atoms with Crippen molar-refractivity contribution in [2.75, 3.05) is 13.2 Å². The molecular weight excluding hydrogens is 423 g/mol. The summed E-state index contributed by atoms with van der Waals surface area (Å²) in [6, 6.07) is 20.6. The minimum Gasteiger partial charge on any atom is -0.486 e. The summed E-state index contributed by atoms with van der Waals surface area (Å²) in [5, 5.41) is 5.85. The number of amides is 2. The van der Waals surface area contributed by atoms with Gasteiger partial charge in [0, 0.05) is 6.54 Å². The zero-order valence-corrected chi connectivity index (χ0v) is 17.8. The van der Waals surface area contributed by atoms with Crippen molar-refractivity contribution in [3.63, 3.8) is 0 Å². The van der Waals surface area contributed by atoms with Gasteiger partial charge in [-0.05, 0) is 42.0 Å². The van der Waals surface area contributed by atoms with Crippen LogP contribution in [0.4, 0.5) is 9.18 Å². The van der Waals surface area contributed by atoms with Crippen LogP contribution >= 0.6 is 0 Å². The van der Waals surface area contributed by atoms with Crippen molar-refractivity contribution in [3.8, 4) is 11.5 Å². The highest BCUT2D eigenvalue weighted by Crippen LogP contribution is 2.30. The fourth-order valence-corrected chi connectivity index (χ4v) is 3.86. The Morgan fingerprint density at radius 2 is 1.82 bits per heavy atom. The maximum atomic E-state index is 13.5. The first-order valence-corrected chi connectivity index (χ1v) is 10.7. The Kier molecular flexibility index (Phi) is 5.80. The van der Waals surface area contributed by atoms with Gasteiger partial charge >= 0.3 is 6.03 Å². The van der Waals surface area contributed by atoms with Crippen LogP contribution in [-0.2, 0) is 6.54 Å². The second-order valence-electron chi connectivity index (χ2n) is 7.84. The Balaban J connectivity index is 1.26. The molecule has 0 saturated heterocycles. The molecule has 1 aliphatic rings. The second kappa shape index (κ2) is 9.20. The molecule has 7 nitrogen and oxygen atoms in total. The number of aromatic nitrogens is 2. The van der Waals surface area contributed by atoms with Crippen molar-refractivity contribution in [1.29, 1.82) is 0 Å². The van der Waals surface area contributed by atoms with Crippen LogP contribution in [0.3, 0.4) is 0 Å². The number of nitrogens with zero attached hydrogens (tertiary/aromatic N) is 2. The zero-order valence-electron chi connectivity index (χ0n) is 17.8. The maximum Gasteiger partial charge on any atom is 0.315 e. The number of fused-ring (bicyclic) bond motifs is 2. The first kappa shape index (κ1) is 20.8. The predicted molar refractivity (Wildman–Crippen MR) is 122 cm³/mol. The molecule has 33 heavy (non-hydrogen) atoms. The monoisotopic (exact) mass is 446 g/mol. The first-order valence-electron chi connectivity index (χ1n) is 10.7. The van der Waals surface area contributed by atoms with Gasteiger partial charge in [0.2, 0.25) is 0 Å². The number of ether oxygens (including phenoxy) is 2. The number of nitrogens with one attached hydrogen (secondary N) is 2. The predicted octanol–water partition coefficient (Wildman–Crippen LogP) is 4.06. The van der Waals surface area contributed by atoms with Crippen molar-refractivity contribution in [1.82, 2.24) is 20.2 Å². The molecule has 3 aromatic carbocycles. The van der Waals surface area contributed by atoms with E-state index < -0.39 is 6.04 Å². The number of carbonyl (C=O) groups excluding carboxylic acids is 1. The molecule has 0 radical (unpaired) electrons. The summed E-state index contributed by atoms with van der Waals surface area (Å²) in [5.74, 6) is 1.03. The van der Waals surface area contributed by atoms with E-state index in [0.717, 1.165) is 16.6 Å². The second-order valence-corrected chi connectivity index (χ2v) is 7.84. The molecule has 2 heterocycles. The summed E-state index contributed by atoms with van der Waals surface area (Å²) in [5.41, 5.74) is 2.61. The van der Waals surface area contributed by atoms with Crippen LogP contribution in [0.1, 0.15) is 11.6 Å². The van der Waals surface area contributed by atoms with Crippen molar-refractivity contribution in [2.45, 2.75) is 18.7 Å². The number of halogens is 1. The molecular formula is C25H23FN4O3. The SMILES string of the molecule is O=C(NC[C@@H]1COc2ccccc2O1)N[C@@H](Cn1cnc2ccccc21)c1ccc(F)cc1. The number of benzene rings is 3. The van der Waals surface area contributed by atoms with Gasteiger partial charge in [-0.3, -0.25) is 0 Å². The van der Waals surface area contributed by atoms with Gasteiger partial charge in [0.05, 0.1) is 29.9 Å². The molecule has 0 unspecified atom stereocenters. The number of urea groups is 1. The lowest BCUT2D eigenvalue weighted by atomic mass is 10.1. The van der Waals surface area contributed by atoms with Crippen molar-refractivity contribution in [3.05, 3.63) is 90.5 Å². The fourth-order valence-electron chi connectivity index (χ4n) is 3.86. The lowest BCUT2D eigenvalue weighted by Gasteiger charge is -2.27. The van der Waals surface area contributed by atoms with E-state index in [0.29, 0.717) is 24.7 Å². The molecule has 1 aromatic heterocycles. The number of hydrogen-bond acceptors (Lipinski definition) is 4. The lowest BCUT2D eigenvalue weighted by molar-refractivity contribution is 0.0917. The molecule has 168 valence electrons. The Hall–Kier alpha value is -4.07. The van der Waals surface area contributed by atoms with Crippen LogP contribution in [0, 0.1) is 5.82 Å². The molecule has 2 atom stereocenters. The Morgan fingerprint density at radius 1 is 1.06 bits per heavy atom. The van der Waals surface area contributed by atoms with Crippen LogP contribution < -0.4 is 20.1 Å². The van der Waals surface area contributed by atoms with Crippen LogP contribution in [0.2, 0.25) is 0 Å². The Morgan fingerprint density at radius 3 is 2.67 bits per heavy atom. The summed E-state index contributed by atoms with van der Waals surface area (Å²) < 4.78 is 27.1. The number of rotatable bonds is 6. The summed E-state index contributed by atoms with van der Waals surface area (Å²) >= 11 is 0. The van der Waals surface area contributed by atoms with E-state index in [1.54, 1.807) is 18.5 Å². The highest BCUT2D eigenvalue weighted by molar-refractivity contribution is 5.76. The summed E-state index contributed by atoms with van der Waals surface area (Å²) in [6.45, 7) is 1.07. The maximum absolute atomic E-state index is 13.5. The average Bonchev–Trinajstić information content (AvgIpc) is 3.25. The summed E-state index contributed by atoms with van der Waals surface area (Å²) in [6.07, 6.45) is 1.44.